The molecule has 0 atom stereocenters. The quantitative estimate of drug-likeness (QED) is 0.550. The molecule has 0 N–H and O–H groups in total. The molecule has 0 radical (unpaired) electrons. The maximum atomic E-state index is 13.6. The molecule has 3 aromatic rings. The first-order valence-electron chi connectivity index (χ1n) is 10.8. The van der Waals surface area contributed by atoms with Crippen molar-refractivity contribution < 1.29 is 14.3 Å². The van der Waals surface area contributed by atoms with Crippen LogP contribution in [0.5, 0.6) is 5.75 Å². The van der Waals surface area contributed by atoms with Crippen LogP contribution in [0.15, 0.2) is 36.4 Å². The van der Waals surface area contributed by atoms with Crippen molar-refractivity contribution in [1.29, 1.82) is 0 Å². The molecule has 0 bridgehead atoms. The van der Waals surface area contributed by atoms with Crippen LogP contribution in [0.1, 0.15) is 28.4 Å². The number of amides is 1. The Morgan fingerprint density at radius 2 is 1.97 bits per heavy atom. The molecule has 1 saturated heterocycles. The van der Waals surface area contributed by atoms with Crippen molar-refractivity contribution in [1.82, 2.24) is 9.88 Å². The molecule has 31 heavy (non-hydrogen) atoms. The summed E-state index contributed by atoms with van der Waals surface area (Å²) in [5.74, 6) is 0.811. The molecule has 0 spiro atoms. The van der Waals surface area contributed by atoms with Gasteiger partial charge in [-0.2, -0.15) is 0 Å². The van der Waals surface area contributed by atoms with Gasteiger partial charge >= 0.3 is 0 Å². The van der Waals surface area contributed by atoms with Crippen molar-refractivity contribution in [2.75, 3.05) is 50.9 Å². The number of thiazole rings is 1. The highest BCUT2D eigenvalue weighted by molar-refractivity contribution is 7.22. The van der Waals surface area contributed by atoms with Crippen LogP contribution in [0.25, 0.3) is 10.2 Å². The van der Waals surface area contributed by atoms with Gasteiger partial charge in [0.1, 0.15) is 5.75 Å². The average molecular weight is 440 g/mol. The number of fused-ring (bicyclic) bond motifs is 1. The first kappa shape index (κ1) is 21.7. The van der Waals surface area contributed by atoms with Crippen LogP contribution in [-0.4, -0.2) is 61.8 Å². The summed E-state index contributed by atoms with van der Waals surface area (Å²) in [6.07, 6.45) is 0. The summed E-state index contributed by atoms with van der Waals surface area (Å²) in [6, 6.07) is 11.8. The molecule has 1 aliphatic heterocycles. The van der Waals surface area contributed by atoms with E-state index in [0.29, 0.717) is 18.7 Å². The summed E-state index contributed by atoms with van der Waals surface area (Å²) < 4.78 is 12.1. The highest BCUT2D eigenvalue weighted by Crippen LogP contribution is 2.32. The van der Waals surface area contributed by atoms with Crippen LogP contribution < -0.4 is 9.64 Å². The third kappa shape index (κ3) is 5.06. The lowest BCUT2D eigenvalue weighted by Crippen LogP contribution is -2.43. The van der Waals surface area contributed by atoms with E-state index in [1.165, 1.54) is 16.9 Å². The number of ether oxygens (including phenoxy) is 2. The van der Waals surface area contributed by atoms with Crippen molar-refractivity contribution in [3.8, 4) is 5.75 Å². The molecule has 2 heterocycles. The van der Waals surface area contributed by atoms with E-state index in [0.717, 1.165) is 59.5 Å². The van der Waals surface area contributed by atoms with Crippen LogP contribution >= 0.6 is 11.3 Å². The molecule has 2 aromatic carbocycles. The molecule has 4 rings (SSSR count). The topological polar surface area (TPSA) is 54.9 Å². The van der Waals surface area contributed by atoms with E-state index >= 15 is 0 Å². The monoisotopic (exact) mass is 439 g/mol. The Hall–Kier alpha value is -2.48. The van der Waals surface area contributed by atoms with Gasteiger partial charge in [-0.15, -0.1) is 0 Å². The van der Waals surface area contributed by atoms with Gasteiger partial charge in [-0.3, -0.25) is 14.6 Å². The lowest BCUT2D eigenvalue weighted by Gasteiger charge is -2.29. The molecule has 164 valence electrons. The van der Waals surface area contributed by atoms with Crippen molar-refractivity contribution in [2.24, 2.45) is 0 Å². The fraction of sp³-hybridized carbons (Fsp3) is 0.417. The molecule has 1 aromatic heterocycles. The number of morpholine rings is 1. The molecule has 6 nitrogen and oxygen atoms in total. The Bertz CT molecular complexity index is 1060. The first-order valence-corrected chi connectivity index (χ1v) is 11.6. The summed E-state index contributed by atoms with van der Waals surface area (Å²) in [6.45, 7) is 11.3. The van der Waals surface area contributed by atoms with Gasteiger partial charge in [-0.1, -0.05) is 17.4 Å². The second kappa shape index (κ2) is 9.77. The van der Waals surface area contributed by atoms with Gasteiger partial charge in [0.15, 0.2) is 5.13 Å². The smallest absolute Gasteiger partial charge is 0.260 e. The minimum atomic E-state index is -0.0135. The van der Waals surface area contributed by atoms with Gasteiger partial charge in [0.25, 0.3) is 5.91 Å². The van der Waals surface area contributed by atoms with Crippen molar-refractivity contribution >= 4 is 32.6 Å². The number of carbonyl (C=O) groups is 1. The van der Waals surface area contributed by atoms with E-state index in [-0.39, 0.29) is 5.91 Å². The Morgan fingerprint density at radius 1 is 1.16 bits per heavy atom. The van der Waals surface area contributed by atoms with E-state index in [2.05, 4.69) is 11.8 Å². The van der Waals surface area contributed by atoms with Gasteiger partial charge in [0.2, 0.25) is 0 Å². The molecule has 1 amide bonds. The molecule has 7 heteroatoms. The number of anilines is 1. The maximum absolute atomic E-state index is 13.6. The molecule has 0 saturated carbocycles. The highest BCUT2D eigenvalue weighted by atomic mass is 32.1. The maximum Gasteiger partial charge on any atom is 0.260 e. The van der Waals surface area contributed by atoms with E-state index in [1.807, 2.05) is 55.1 Å². The van der Waals surface area contributed by atoms with Gasteiger partial charge in [0.05, 0.1) is 30.0 Å². The fourth-order valence-corrected chi connectivity index (χ4v) is 4.66. The molecule has 0 aliphatic carbocycles. The largest absolute Gasteiger partial charge is 0.494 e. The molecule has 1 fully saturated rings. The second-order valence-corrected chi connectivity index (χ2v) is 8.78. The van der Waals surface area contributed by atoms with Gasteiger partial charge in [-0.05, 0) is 62.2 Å². The number of aromatic nitrogens is 1. The lowest BCUT2D eigenvalue weighted by molar-refractivity contribution is 0.0391. The zero-order valence-corrected chi connectivity index (χ0v) is 19.2. The minimum absolute atomic E-state index is 0.0135. The standard InChI is InChI=1S/C24H29N3O3S/c1-4-30-20-7-8-21-22(16-20)31-24(25-21)27(10-9-26-11-13-29-14-12-26)23(28)19-6-5-17(2)18(3)15-19/h5-8,15-16H,4,9-14H2,1-3H3. The van der Waals surface area contributed by atoms with E-state index < -0.39 is 0 Å². The summed E-state index contributed by atoms with van der Waals surface area (Å²) in [7, 11) is 0. The van der Waals surface area contributed by atoms with E-state index in [1.54, 1.807) is 0 Å². The molecule has 0 unspecified atom stereocenters. The zero-order chi connectivity index (χ0) is 21.8. The molecule has 1 aliphatic rings. The van der Waals surface area contributed by atoms with Gasteiger partial charge in [-0.25, -0.2) is 4.98 Å². The van der Waals surface area contributed by atoms with Crippen LogP contribution in [0.4, 0.5) is 5.13 Å². The predicted octanol–water partition coefficient (Wildman–Crippen LogP) is 4.29. The normalized spacial score (nSPS) is 14.7. The first-order chi connectivity index (χ1) is 15.0. The second-order valence-electron chi connectivity index (χ2n) is 7.77. The van der Waals surface area contributed by atoms with Crippen molar-refractivity contribution in [3.63, 3.8) is 0 Å². The number of aryl methyl sites for hydroxylation is 2. The van der Waals surface area contributed by atoms with E-state index in [9.17, 15) is 4.79 Å². The van der Waals surface area contributed by atoms with Crippen LogP contribution in [-0.2, 0) is 4.74 Å². The molecular weight excluding hydrogens is 410 g/mol. The van der Waals surface area contributed by atoms with Crippen LogP contribution in [0.3, 0.4) is 0 Å². The number of hydrogen-bond acceptors (Lipinski definition) is 6. The summed E-state index contributed by atoms with van der Waals surface area (Å²) in [5.41, 5.74) is 3.87. The Kier molecular flexibility index (Phi) is 6.85. The third-order valence-electron chi connectivity index (χ3n) is 5.63. The number of hydrogen-bond donors (Lipinski definition) is 0. The number of rotatable bonds is 7. The van der Waals surface area contributed by atoms with E-state index in [4.69, 9.17) is 14.5 Å². The Morgan fingerprint density at radius 3 is 2.71 bits per heavy atom. The Balaban J connectivity index is 1.64. The zero-order valence-electron chi connectivity index (χ0n) is 18.4. The SMILES string of the molecule is CCOc1ccc2nc(N(CCN3CCOCC3)C(=O)c3ccc(C)c(C)c3)sc2c1. The van der Waals surface area contributed by atoms with Crippen LogP contribution in [0, 0.1) is 13.8 Å². The van der Waals surface area contributed by atoms with Crippen LogP contribution in [0.2, 0.25) is 0 Å². The number of benzene rings is 2. The average Bonchev–Trinajstić information content (AvgIpc) is 3.19. The third-order valence-corrected chi connectivity index (χ3v) is 6.67. The number of carbonyl (C=O) groups excluding carboxylic acids is 1. The van der Waals surface area contributed by atoms with Crippen molar-refractivity contribution in [2.45, 2.75) is 20.8 Å². The van der Waals surface area contributed by atoms with Crippen molar-refractivity contribution in [3.05, 3.63) is 53.1 Å². The Labute approximate surface area is 187 Å². The number of nitrogens with zero attached hydrogens (tertiary/aromatic N) is 3. The summed E-state index contributed by atoms with van der Waals surface area (Å²) in [4.78, 5) is 22.5. The lowest BCUT2D eigenvalue weighted by atomic mass is 10.1. The predicted molar refractivity (Wildman–Crippen MR) is 126 cm³/mol. The van der Waals surface area contributed by atoms with Gasteiger partial charge in [0, 0.05) is 31.7 Å². The highest BCUT2D eigenvalue weighted by Gasteiger charge is 2.23. The summed E-state index contributed by atoms with van der Waals surface area (Å²) in [5, 5.41) is 0.722. The van der Waals surface area contributed by atoms with Gasteiger partial charge < -0.3 is 9.47 Å². The summed E-state index contributed by atoms with van der Waals surface area (Å²) >= 11 is 1.53. The minimum Gasteiger partial charge on any atom is -0.494 e. The fourth-order valence-electron chi connectivity index (χ4n) is 3.65. The molecular formula is C24H29N3O3S.